The summed E-state index contributed by atoms with van der Waals surface area (Å²) in [6.07, 6.45) is 3.84. The van der Waals surface area contributed by atoms with E-state index in [1.807, 2.05) is 0 Å². The first-order valence-electron chi connectivity index (χ1n) is 6.96. The van der Waals surface area contributed by atoms with E-state index < -0.39 is 0 Å². The van der Waals surface area contributed by atoms with Gasteiger partial charge in [0, 0.05) is 17.5 Å². The number of halogens is 1. The zero-order valence-corrected chi connectivity index (χ0v) is 12.2. The lowest BCUT2D eigenvalue weighted by Gasteiger charge is -2.27. The van der Waals surface area contributed by atoms with Crippen molar-refractivity contribution in [3.8, 4) is 0 Å². The molecular weight excluding hydrogens is 277 g/mol. The van der Waals surface area contributed by atoms with Crippen molar-refractivity contribution in [2.75, 3.05) is 12.4 Å². The molecule has 1 aromatic rings. The van der Waals surface area contributed by atoms with Crippen LogP contribution >= 0.6 is 11.8 Å². The number of hydrogen-bond donors (Lipinski definition) is 2. The molecule has 20 heavy (non-hydrogen) atoms. The van der Waals surface area contributed by atoms with Gasteiger partial charge in [-0.3, -0.25) is 4.79 Å². The fourth-order valence-corrected chi connectivity index (χ4v) is 3.15. The average molecular weight is 297 g/mol. The fourth-order valence-electron chi connectivity index (χ4n) is 2.44. The third-order valence-electron chi connectivity index (χ3n) is 3.65. The van der Waals surface area contributed by atoms with Crippen LogP contribution in [0.15, 0.2) is 29.2 Å². The molecule has 1 aliphatic carbocycles. The van der Waals surface area contributed by atoms with Crippen molar-refractivity contribution >= 4 is 17.7 Å². The maximum Gasteiger partial charge on any atom is 0.230 e. The Labute approximate surface area is 123 Å². The van der Waals surface area contributed by atoms with Crippen LogP contribution in [0.3, 0.4) is 0 Å². The van der Waals surface area contributed by atoms with E-state index in [0.29, 0.717) is 11.7 Å². The fraction of sp³-hybridized carbons (Fsp3) is 0.533. The highest BCUT2D eigenvalue weighted by atomic mass is 32.2. The molecule has 1 amide bonds. The van der Waals surface area contributed by atoms with Gasteiger partial charge >= 0.3 is 0 Å². The van der Waals surface area contributed by atoms with Crippen LogP contribution in [0, 0.1) is 11.7 Å². The standard InChI is InChI=1S/C15H20FNO2S/c16-12-3-7-14(8-4-12)20-10-15(19)17-13-5-1-11(9-18)2-6-13/h3-4,7-8,11,13,18H,1-2,5-6,9-10H2,(H,17,19). The second-order valence-electron chi connectivity index (χ2n) is 5.21. The predicted molar refractivity (Wildman–Crippen MR) is 78.1 cm³/mol. The number of hydrogen-bond acceptors (Lipinski definition) is 3. The third kappa shape index (κ3) is 4.80. The molecule has 0 spiro atoms. The number of aliphatic hydroxyl groups is 1. The first-order valence-corrected chi connectivity index (χ1v) is 7.94. The molecule has 0 bridgehead atoms. The number of thioether (sulfide) groups is 1. The highest BCUT2D eigenvalue weighted by Gasteiger charge is 2.21. The van der Waals surface area contributed by atoms with Crippen molar-refractivity contribution in [2.45, 2.75) is 36.6 Å². The summed E-state index contributed by atoms with van der Waals surface area (Å²) >= 11 is 1.41. The third-order valence-corrected chi connectivity index (χ3v) is 4.67. The van der Waals surface area contributed by atoms with Crippen molar-refractivity contribution in [1.29, 1.82) is 0 Å². The van der Waals surface area contributed by atoms with Gasteiger partial charge in [-0.2, -0.15) is 0 Å². The lowest BCUT2D eigenvalue weighted by Crippen LogP contribution is -2.38. The van der Waals surface area contributed by atoms with Gasteiger partial charge in [0.25, 0.3) is 0 Å². The van der Waals surface area contributed by atoms with Gasteiger partial charge in [0.2, 0.25) is 5.91 Å². The molecule has 5 heteroatoms. The van der Waals surface area contributed by atoms with Gasteiger partial charge in [-0.15, -0.1) is 11.8 Å². The van der Waals surface area contributed by atoms with Crippen molar-refractivity contribution in [2.24, 2.45) is 5.92 Å². The van der Waals surface area contributed by atoms with Crippen LogP contribution in [0.5, 0.6) is 0 Å². The van der Waals surface area contributed by atoms with E-state index in [0.717, 1.165) is 30.6 Å². The van der Waals surface area contributed by atoms with Crippen LogP contribution in [0.4, 0.5) is 4.39 Å². The Kier molecular flexibility index (Phi) is 5.86. The molecule has 0 heterocycles. The number of nitrogens with one attached hydrogen (secondary N) is 1. The predicted octanol–water partition coefficient (Wildman–Crippen LogP) is 2.59. The van der Waals surface area contributed by atoms with E-state index in [1.165, 1.54) is 23.9 Å². The zero-order chi connectivity index (χ0) is 14.4. The Hall–Kier alpha value is -1.07. The molecule has 0 radical (unpaired) electrons. The van der Waals surface area contributed by atoms with E-state index in [9.17, 15) is 9.18 Å². The number of carbonyl (C=O) groups is 1. The molecule has 1 aromatic carbocycles. The summed E-state index contributed by atoms with van der Waals surface area (Å²) in [4.78, 5) is 12.7. The monoisotopic (exact) mass is 297 g/mol. The molecule has 2 rings (SSSR count). The second kappa shape index (κ2) is 7.64. The van der Waals surface area contributed by atoms with Crippen LogP contribution in [0.2, 0.25) is 0 Å². The molecule has 0 aliphatic heterocycles. The summed E-state index contributed by atoms with van der Waals surface area (Å²) in [6.45, 7) is 0.251. The molecule has 2 N–H and O–H groups in total. The number of rotatable bonds is 5. The quantitative estimate of drug-likeness (QED) is 0.821. The summed E-state index contributed by atoms with van der Waals surface area (Å²) in [5.74, 6) is 0.508. The van der Waals surface area contributed by atoms with Crippen LogP contribution in [-0.2, 0) is 4.79 Å². The van der Waals surface area contributed by atoms with Gasteiger partial charge in [-0.1, -0.05) is 0 Å². The summed E-state index contributed by atoms with van der Waals surface area (Å²) in [6, 6.07) is 6.39. The van der Waals surface area contributed by atoms with Gasteiger partial charge in [0.1, 0.15) is 5.82 Å². The number of benzene rings is 1. The molecule has 1 aliphatic rings. The number of carbonyl (C=O) groups excluding carboxylic acids is 1. The largest absolute Gasteiger partial charge is 0.396 e. The maximum absolute atomic E-state index is 12.7. The van der Waals surface area contributed by atoms with Crippen LogP contribution in [-0.4, -0.2) is 29.4 Å². The SMILES string of the molecule is O=C(CSc1ccc(F)cc1)NC1CCC(CO)CC1. The lowest BCUT2D eigenvalue weighted by molar-refractivity contribution is -0.119. The van der Waals surface area contributed by atoms with Crippen LogP contribution < -0.4 is 5.32 Å². The van der Waals surface area contributed by atoms with Crippen LogP contribution in [0.25, 0.3) is 0 Å². The Morgan fingerprint density at radius 1 is 1.25 bits per heavy atom. The zero-order valence-electron chi connectivity index (χ0n) is 11.3. The normalized spacial score (nSPS) is 22.5. The van der Waals surface area contributed by atoms with Gasteiger partial charge in [-0.05, 0) is 55.9 Å². The van der Waals surface area contributed by atoms with Crippen molar-refractivity contribution in [3.63, 3.8) is 0 Å². The molecule has 3 nitrogen and oxygen atoms in total. The van der Waals surface area contributed by atoms with Crippen molar-refractivity contribution in [3.05, 3.63) is 30.1 Å². The van der Waals surface area contributed by atoms with E-state index in [2.05, 4.69) is 5.32 Å². The summed E-state index contributed by atoms with van der Waals surface area (Å²) in [7, 11) is 0. The van der Waals surface area contributed by atoms with Gasteiger partial charge in [-0.25, -0.2) is 4.39 Å². The number of amides is 1. The van der Waals surface area contributed by atoms with E-state index in [4.69, 9.17) is 5.11 Å². The second-order valence-corrected chi connectivity index (χ2v) is 6.26. The Morgan fingerprint density at radius 3 is 2.50 bits per heavy atom. The Balaban J connectivity index is 1.69. The van der Waals surface area contributed by atoms with Crippen molar-refractivity contribution < 1.29 is 14.3 Å². The minimum absolute atomic E-state index is 0.0202. The van der Waals surface area contributed by atoms with Gasteiger partial charge in [0.05, 0.1) is 5.75 Å². The first-order chi connectivity index (χ1) is 9.67. The minimum atomic E-state index is -0.264. The summed E-state index contributed by atoms with van der Waals surface area (Å²) in [5, 5.41) is 12.1. The lowest BCUT2D eigenvalue weighted by atomic mass is 9.86. The Morgan fingerprint density at radius 2 is 1.90 bits per heavy atom. The number of aliphatic hydroxyl groups excluding tert-OH is 1. The van der Waals surface area contributed by atoms with Gasteiger partial charge in [0.15, 0.2) is 0 Å². The molecule has 0 saturated heterocycles. The van der Waals surface area contributed by atoms with E-state index in [1.54, 1.807) is 12.1 Å². The molecule has 0 aromatic heterocycles. The maximum atomic E-state index is 12.7. The molecule has 1 saturated carbocycles. The average Bonchev–Trinajstić information content (AvgIpc) is 2.47. The summed E-state index contributed by atoms with van der Waals surface area (Å²) in [5.41, 5.74) is 0. The topological polar surface area (TPSA) is 49.3 Å². The Bertz CT molecular complexity index is 430. The first kappa shape index (κ1) is 15.3. The van der Waals surface area contributed by atoms with Crippen molar-refractivity contribution in [1.82, 2.24) is 5.32 Å². The van der Waals surface area contributed by atoms with Crippen LogP contribution in [0.1, 0.15) is 25.7 Å². The molecule has 0 atom stereocenters. The highest BCUT2D eigenvalue weighted by Crippen LogP contribution is 2.24. The summed E-state index contributed by atoms with van der Waals surface area (Å²) < 4.78 is 12.7. The highest BCUT2D eigenvalue weighted by molar-refractivity contribution is 8.00. The molecule has 1 fully saturated rings. The smallest absolute Gasteiger partial charge is 0.230 e. The van der Waals surface area contributed by atoms with Gasteiger partial charge < -0.3 is 10.4 Å². The molecule has 0 unspecified atom stereocenters. The van der Waals surface area contributed by atoms with E-state index in [-0.39, 0.29) is 24.4 Å². The molecule has 110 valence electrons. The molecular formula is C15H20FNO2S. The minimum Gasteiger partial charge on any atom is -0.396 e. The van der Waals surface area contributed by atoms with E-state index >= 15 is 0 Å².